The summed E-state index contributed by atoms with van der Waals surface area (Å²) in [6.45, 7) is -0.251. The number of nitrogens with one attached hydrogen (secondary N) is 1. The minimum absolute atomic E-state index is 0.125. The van der Waals surface area contributed by atoms with Crippen molar-refractivity contribution in [2.24, 2.45) is 0 Å². The predicted molar refractivity (Wildman–Crippen MR) is 68.2 cm³/mol. The number of amides is 3. The lowest BCUT2D eigenvalue weighted by Gasteiger charge is -2.25. The van der Waals surface area contributed by atoms with Crippen molar-refractivity contribution in [1.29, 1.82) is 0 Å². The van der Waals surface area contributed by atoms with Crippen LogP contribution in [-0.2, 0) is 9.59 Å². The number of hydrogen-bond donors (Lipinski definition) is 1. The first-order valence-corrected chi connectivity index (χ1v) is 6.21. The van der Waals surface area contributed by atoms with Crippen molar-refractivity contribution in [3.63, 3.8) is 0 Å². The van der Waals surface area contributed by atoms with Crippen molar-refractivity contribution in [2.45, 2.75) is 0 Å². The first-order valence-electron chi connectivity index (χ1n) is 5.04. The molecule has 1 heterocycles. The van der Waals surface area contributed by atoms with E-state index in [2.05, 4.69) is 21.2 Å². The molecule has 0 saturated carbocycles. The first kappa shape index (κ1) is 13.0. The third kappa shape index (κ3) is 2.70. The fraction of sp³-hybridized carbons (Fsp3) is 0.182. The molecule has 18 heavy (non-hydrogen) atoms. The van der Waals surface area contributed by atoms with Crippen LogP contribution < -0.4 is 5.32 Å². The summed E-state index contributed by atoms with van der Waals surface area (Å²) in [5.41, 5.74) is 0.363. The van der Waals surface area contributed by atoms with E-state index in [9.17, 15) is 14.4 Å². The number of imide groups is 1. The summed E-state index contributed by atoms with van der Waals surface area (Å²) in [4.78, 5) is 35.7. The molecule has 94 valence electrons. The van der Waals surface area contributed by atoms with E-state index in [-0.39, 0.29) is 19.0 Å². The van der Waals surface area contributed by atoms with E-state index in [0.717, 1.165) is 0 Å². The molecule has 0 atom stereocenters. The van der Waals surface area contributed by atoms with E-state index in [1.807, 2.05) is 0 Å². The van der Waals surface area contributed by atoms with E-state index in [4.69, 9.17) is 11.6 Å². The van der Waals surface area contributed by atoms with Gasteiger partial charge in [-0.25, -0.2) is 0 Å². The van der Waals surface area contributed by atoms with Crippen LogP contribution in [0.2, 0.25) is 5.02 Å². The number of carbonyl (C=O) groups is 3. The molecule has 1 aliphatic rings. The summed E-state index contributed by atoms with van der Waals surface area (Å²) in [5, 5.41) is 2.63. The van der Waals surface area contributed by atoms with Gasteiger partial charge < -0.3 is 4.90 Å². The van der Waals surface area contributed by atoms with E-state index >= 15 is 0 Å². The van der Waals surface area contributed by atoms with E-state index < -0.39 is 11.8 Å². The van der Waals surface area contributed by atoms with Crippen LogP contribution in [0, 0.1) is 0 Å². The van der Waals surface area contributed by atoms with Crippen molar-refractivity contribution in [1.82, 2.24) is 10.2 Å². The molecule has 0 aromatic heterocycles. The number of hydrogen-bond acceptors (Lipinski definition) is 3. The van der Waals surface area contributed by atoms with Gasteiger partial charge in [0.15, 0.2) is 0 Å². The lowest BCUT2D eigenvalue weighted by molar-refractivity contribution is -0.135. The summed E-state index contributed by atoms with van der Waals surface area (Å²) in [7, 11) is 0. The Hall–Kier alpha value is -1.40. The fourth-order valence-electron chi connectivity index (χ4n) is 1.61. The van der Waals surface area contributed by atoms with Crippen LogP contribution in [0.15, 0.2) is 22.7 Å². The maximum absolute atomic E-state index is 12.1. The SMILES string of the molecule is O=C1CN(C(=O)c2ccc(Cl)cc2Br)CC(=O)N1. The van der Waals surface area contributed by atoms with Crippen LogP contribution in [0.4, 0.5) is 0 Å². The van der Waals surface area contributed by atoms with Gasteiger partial charge in [-0.15, -0.1) is 0 Å². The molecule has 1 aromatic rings. The van der Waals surface area contributed by atoms with Gasteiger partial charge in [-0.3, -0.25) is 19.7 Å². The van der Waals surface area contributed by atoms with Crippen LogP contribution in [0.25, 0.3) is 0 Å². The molecule has 2 rings (SSSR count). The van der Waals surface area contributed by atoms with Crippen LogP contribution in [0.3, 0.4) is 0 Å². The molecule has 1 aliphatic heterocycles. The molecular formula is C11H8BrClN2O3. The first-order chi connectivity index (χ1) is 8.47. The van der Waals surface area contributed by atoms with Gasteiger partial charge in [0.25, 0.3) is 5.91 Å². The zero-order chi connectivity index (χ0) is 13.3. The minimum Gasteiger partial charge on any atom is -0.320 e. The number of piperazine rings is 1. The Bertz CT molecular complexity index is 531. The van der Waals surface area contributed by atoms with Crippen LogP contribution in [-0.4, -0.2) is 35.7 Å². The summed E-state index contributed by atoms with van der Waals surface area (Å²) in [6.07, 6.45) is 0. The highest BCUT2D eigenvalue weighted by molar-refractivity contribution is 9.10. The number of carbonyl (C=O) groups excluding carboxylic acids is 3. The molecular weight excluding hydrogens is 323 g/mol. The minimum atomic E-state index is -0.482. The largest absolute Gasteiger partial charge is 0.320 e. The third-order valence-electron chi connectivity index (χ3n) is 2.40. The van der Waals surface area contributed by atoms with Gasteiger partial charge in [0.05, 0.1) is 5.56 Å². The maximum atomic E-state index is 12.1. The Balaban J connectivity index is 2.25. The van der Waals surface area contributed by atoms with Crippen molar-refractivity contribution in [3.05, 3.63) is 33.3 Å². The maximum Gasteiger partial charge on any atom is 0.255 e. The summed E-state index contributed by atoms with van der Waals surface area (Å²) in [5.74, 6) is -1.35. The summed E-state index contributed by atoms with van der Waals surface area (Å²) in [6, 6.07) is 4.71. The van der Waals surface area contributed by atoms with Crippen LogP contribution in [0.1, 0.15) is 10.4 Å². The van der Waals surface area contributed by atoms with Gasteiger partial charge in [-0.05, 0) is 34.1 Å². The van der Waals surface area contributed by atoms with Gasteiger partial charge in [-0.2, -0.15) is 0 Å². The second-order valence-corrected chi connectivity index (χ2v) is 5.05. The molecule has 0 spiro atoms. The topological polar surface area (TPSA) is 66.5 Å². The molecule has 7 heteroatoms. The zero-order valence-corrected chi connectivity index (χ0v) is 11.4. The fourth-order valence-corrected chi connectivity index (χ4v) is 2.47. The normalized spacial score (nSPS) is 15.6. The molecule has 1 aromatic carbocycles. The van der Waals surface area contributed by atoms with E-state index in [1.165, 1.54) is 4.90 Å². The summed E-state index contributed by atoms with van der Waals surface area (Å²) >= 11 is 9.01. The molecule has 5 nitrogen and oxygen atoms in total. The number of nitrogens with zero attached hydrogens (tertiary/aromatic N) is 1. The molecule has 1 saturated heterocycles. The Morgan fingerprint density at radius 3 is 2.44 bits per heavy atom. The van der Waals surface area contributed by atoms with Crippen LogP contribution in [0.5, 0.6) is 0 Å². The third-order valence-corrected chi connectivity index (χ3v) is 3.29. The Morgan fingerprint density at radius 2 is 1.89 bits per heavy atom. The molecule has 1 fully saturated rings. The second kappa shape index (κ2) is 5.07. The average Bonchev–Trinajstić information content (AvgIpc) is 2.26. The van der Waals surface area contributed by atoms with Crippen molar-refractivity contribution in [3.8, 4) is 0 Å². The smallest absolute Gasteiger partial charge is 0.255 e. The standard InChI is InChI=1S/C11H8BrClN2O3/c12-8-3-6(13)1-2-7(8)11(18)15-4-9(16)14-10(17)5-15/h1-3H,4-5H2,(H,14,16,17). The lowest BCUT2D eigenvalue weighted by Crippen LogP contribution is -2.53. The molecule has 1 N–H and O–H groups in total. The highest BCUT2D eigenvalue weighted by atomic mass is 79.9. The Morgan fingerprint density at radius 1 is 1.28 bits per heavy atom. The van der Waals surface area contributed by atoms with E-state index in [0.29, 0.717) is 15.1 Å². The number of benzene rings is 1. The monoisotopic (exact) mass is 330 g/mol. The Labute approximate surface area is 116 Å². The molecule has 0 unspecified atom stereocenters. The van der Waals surface area contributed by atoms with Gasteiger partial charge in [0.1, 0.15) is 13.1 Å². The second-order valence-electron chi connectivity index (χ2n) is 3.76. The summed E-state index contributed by atoms with van der Waals surface area (Å²) < 4.78 is 0.526. The molecule has 0 radical (unpaired) electrons. The Kier molecular flexibility index (Phi) is 3.68. The average molecular weight is 332 g/mol. The van der Waals surface area contributed by atoms with Crippen molar-refractivity contribution in [2.75, 3.05) is 13.1 Å². The number of halogens is 2. The van der Waals surface area contributed by atoms with Gasteiger partial charge in [0.2, 0.25) is 11.8 Å². The lowest BCUT2D eigenvalue weighted by atomic mass is 10.2. The van der Waals surface area contributed by atoms with Gasteiger partial charge in [-0.1, -0.05) is 11.6 Å². The molecule has 0 bridgehead atoms. The van der Waals surface area contributed by atoms with Gasteiger partial charge in [0, 0.05) is 9.50 Å². The van der Waals surface area contributed by atoms with E-state index in [1.54, 1.807) is 18.2 Å². The molecule has 0 aliphatic carbocycles. The van der Waals surface area contributed by atoms with Crippen LogP contribution >= 0.6 is 27.5 Å². The highest BCUT2D eigenvalue weighted by Crippen LogP contribution is 2.23. The van der Waals surface area contributed by atoms with Crippen molar-refractivity contribution < 1.29 is 14.4 Å². The molecule has 3 amide bonds. The zero-order valence-electron chi connectivity index (χ0n) is 9.07. The quantitative estimate of drug-likeness (QED) is 0.786. The predicted octanol–water partition coefficient (Wildman–Crippen LogP) is 1.20. The van der Waals surface area contributed by atoms with Crippen molar-refractivity contribution >= 4 is 45.3 Å². The van der Waals surface area contributed by atoms with Gasteiger partial charge >= 0.3 is 0 Å². The highest BCUT2D eigenvalue weighted by Gasteiger charge is 2.27. The number of rotatable bonds is 1.